The summed E-state index contributed by atoms with van der Waals surface area (Å²) in [5.41, 5.74) is -0.764. The molecule has 1 aliphatic carbocycles. The van der Waals surface area contributed by atoms with Gasteiger partial charge in [-0.25, -0.2) is 8.78 Å². The van der Waals surface area contributed by atoms with Crippen molar-refractivity contribution in [1.29, 1.82) is 5.26 Å². The first-order chi connectivity index (χ1) is 19.1. The Morgan fingerprint density at radius 2 is 1.90 bits per heavy atom. The van der Waals surface area contributed by atoms with Crippen LogP contribution in [0.1, 0.15) is 56.6 Å². The van der Waals surface area contributed by atoms with Gasteiger partial charge in [0.1, 0.15) is 23.7 Å². The van der Waals surface area contributed by atoms with Crippen LogP contribution in [-0.2, 0) is 30.1 Å². The highest BCUT2D eigenvalue weighted by Crippen LogP contribution is 2.47. The number of anilines is 1. The van der Waals surface area contributed by atoms with E-state index >= 15 is 0 Å². The molecule has 0 bridgehead atoms. The maximum absolute atomic E-state index is 14.4. The van der Waals surface area contributed by atoms with Gasteiger partial charge in [-0.3, -0.25) is 19.2 Å². The first-order valence-electron chi connectivity index (χ1n) is 13.3. The molecule has 1 spiro atoms. The van der Waals surface area contributed by atoms with Crippen LogP contribution in [0.2, 0.25) is 0 Å². The predicted octanol–water partition coefficient (Wildman–Crippen LogP) is 2.76. The Kier molecular flexibility index (Phi) is 7.04. The number of hydrogen-bond acceptors (Lipinski definition) is 5. The minimum Gasteiger partial charge on any atom is -0.338 e. The second-order valence-electron chi connectivity index (χ2n) is 10.7. The SMILES string of the molecule is CCCC[C@H](NC(=O)C(=O)NC1(c2ccc(F)cc2F)CC1)C(=O)N1C[C@]2(C[C@H]1C#N)C(=O)Nc1ccccc12. The number of amides is 4. The van der Waals surface area contributed by atoms with Crippen molar-refractivity contribution >= 4 is 29.3 Å². The molecule has 2 aliphatic heterocycles. The summed E-state index contributed by atoms with van der Waals surface area (Å²) in [5, 5.41) is 17.8. The van der Waals surface area contributed by atoms with Gasteiger partial charge < -0.3 is 20.9 Å². The number of rotatable bonds is 7. The Bertz CT molecular complexity index is 1440. The van der Waals surface area contributed by atoms with Crippen LogP contribution in [0, 0.1) is 23.0 Å². The fourth-order valence-corrected chi connectivity index (χ4v) is 5.81. The van der Waals surface area contributed by atoms with Crippen LogP contribution in [0.5, 0.6) is 0 Å². The average Bonchev–Trinajstić information content (AvgIpc) is 3.51. The van der Waals surface area contributed by atoms with E-state index in [0.717, 1.165) is 12.1 Å². The van der Waals surface area contributed by atoms with Crippen LogP contribution < -0.4 is 16.0 Å². The van der Waals surface area contributed by atoms with Gasteiger partial charge >= 0.3 is 11.8 Å². The third-order valence-electron chi connectivity index (χ3n) is 8.12. The van der Waals surface area contributed by atoms with Crippen LogP contribution in [0.4, 0.5) is 14.5 Å². The largest absolute Gasteiger partial charge is 0.338 e. The second kappa shape index (κ2) is 10.3. The summed E-state index contributed by atoms with van der Waals surface area (Å²) in [6.07, 6.45) is 2.34. The molecule has 4 amide bonds. The standard InChI is InChI=1S/C29H29F2N5O4/c1-2-3-7-23(33-24(37)25(38)35-29(11-12-29)19-10-9-17(30)13-21(19)31)26(39)36-16-28(14-18(36)15-32)20-6-4-5-8-22(20)34-27(28)40/h4-6,8-10,13,18,23H,2-3,7,11-12,14,16H2,1H3,(H,33,37)(H,34,40)(H,35,38)/t18-,23-,28-/m0/s1. The molecular weight excluding hydrogens is 520 g/mol. The molecule has 1 saturated carbocycles. The topological polar surface area (TPSA) is 131 Å². The number of para-hydroxylation sites is 1. The number of nitriles is 1. The number of hydrogen-bond donors (Lipinski definition) is 3. The molecule has 1 saturated heterocycles. The summed E-state index contributed by atoms with van der Waals surface area (Å²) in [6.45, 7) is 1.87. The Labute approximate surface area is 229 Å². The number of unbranched alkanes of at least 4 members (excludes halogenated alkanes) is 1. The van der Waals surface area contributed by atoms with E-state index in [-0.39, 0.29) is 30.9 Å². The molecule has 208 valence electrons. The first kappa shape index (κ1) is 27.2. The van der Waals surface area contributed by atoms with Gasteiger partial charge in [-0.2, -0.15) is 5.26 Å². The zero-order valence-electron chi connectivity index (χ0n) is 21.9. The Balaban J connectivity index is 1.32. The molecule has 2 heterocycles. The lowest BCUT2D eigenvalue weighted by Gasteiger charge is -2.27. The summed E-state index contributed by atoms with van der Waals surface area (Å²) in [4.78, 5) is 53.9. The highest BCUT2D eigenvalue weighted by Gasteiger charge is 2.56. The number of carbonyl (C=O) groups is 4. The van der Waals surface area contributed by atoms with Crippen molar-refractivity contribution in [3.8, 4) is 6.07 Å². The number of nitrogens with zero attached hydrogens (tertiary/aromatic N) is 2. The molecule has 3 N–H and O–H groups in total. The number of fused-ring (bicyclic) bond motifs is 2. The lowest BCUT2D eigenvalue weighted by Crippen LogP contribution is -2.54. The van der Waals surface area contributed by atoms with Gasteiger partial charge in [-0.15, -0.1) is 0 Å². The summed E-state index contributed by atoms with van der Waals surface area (Å²) >= 11 is 0. The molecule has 0 aromatic heterocycles. The number of carbonyl (C=O) groups excluding carboxylic acids is 4. The average molecular weight is 550 g/mol. The van der Waals surface area contributed by atoms with Crippen LogP contribution in [0.3, 0.4) is 0 Å². The van der Waals surface area contributed by atoms with Crippen molar-refractivity contribution in [2.24, 2.45) is 0 Å². The Morgan fingerprint density at radius 1 is 1.15 bits per heavy atom. The van der Waals surface area contributed by atoms with Crippen LogP contribution >= 0.6 is 0 Å². The van der Waals surface area contributed by atoms with Crippen LogP contribution in [-0.4, -0.2) is 47.2 Å². The monoisotopic (exact) mass is 549 g/mol. The van der Waals surface area contributed by atoms with Crippen molar-refractivity contribution in [3.63, 3.8) is 0 Å². The lowest BCUT2D eigenvalue weighted by atomic mass is 9.80. The Morgan fingerprint density at radius 3 is 2.58 bits per heavy atom. The summed E-state index contributed by atoms with van der Waals surface area (Å²) < 4.78 is 27.8. The number of benzene rings is 2. The zero-order chi connectivity index (χ0) is 28.7. The summed E-state index contributed by atoms with van der Waals surface area (Å²) in [6, 6.07) is 10.3. The van der Waals surface area contributed by atoms with Gasteiger partial charge in [0.05, 0.1) is 17.0 Å². The maximum Gasteiger partial charge on any atom is 0.310 e. The smallest absolute Gasteiger partial charge is 0.310 e. The fraction of sp³-hybridized carbons (Fsp3) is 0.414. The number of halogens is 2. The van der Waals surface area contributed by atoms with E-state index in [0.29, 0.717) is 36.9 Å². The van der Waals surface area contributed by atoms with Crippen molar-refractivity contribution in [1.82, 2.24) is 15.5 Å². The zero-order valence-corrected chi connectivity index (χ0v) is 21.9. The maximum atomic E-state index is 14.4. The van der Waals surface area contributed by atoms with E-state index in [1.807, 2.05) is 6.92 Å². The highest BCUT2D eigenvalue weighted by atomic mass is 19.1. The molecule has 2 fully saturated rings. The molecule has 2 aromatic carbocycles. The molecule has 5 rings (SSSR count). The molecular formula is C29H29F2N5O4. The second-order valence-corrected chi connectivity index (χ2v) is 10.7. The predicted molar refractivity (Wildman–Crippen MR) is 139 cm³/mol. The third-order valence-corrected chi connectivity index (χ3v) is 8.12. The summed E-state index contributed by atoms with van der Waals surface area (Å²) in [5.74, 6) is -4.54. The molecule has 3 aliphatic rings. The third kappa shape index (κ3) is 4.68. The minimum atomic E-state index is -1.12. The van der Waals surface area contributed by atoms with Gasteiger partial charge in [-0.05, 0) is 37.0 Å². The minimum absolute atomic E-state index is 0.0371. The normalized spacial score (nSPS) is 22.7. The van der Waals surface area contributed by atoms with Crippen molar-refractivity contribution < 1.29 is 28.0 Å². The molecule has 3 atom stereocenters. The van der Waals surface area contributed by atoms with Gasteiger partial charge in [0.2, 0.25) is 11.8 Å². The number of nitrogens with one attached hydrogen (secondary N) is 3. The van der Waals surface area contributed by atoms with Crippen molar-refractivity contribution in [2.75, 3.05) is 11.9 Å². The quantitative estimate of drug-likeness (QED) is 0.457. The van der Waals surface area contributed by atoms with Gasteiger partial charge in [-0.1, -0.05) is 44.0 Å². The molecule has 2 aromatic rings. The van der Waals surface area contributed by atoms with E-state index in [1.165, 1.54) is 11.0 Å². The first-order valence-corrected chi connectivity index (χ1v) is 13.3. The van der Waals surface area contributed by atoms with Crippen LogP contribution in [0.15, 0.2) is 42.5 Å². The van der Waals surface area contributed by atoms with Gasteiger partial charge in [0, 0.05) is 30.3 Å². The van der Waals surface area contributed by atoms with Crippen molar-refractivity contribution in [3.05, 3.63) is 65.2 Å². The van der Waals surface area contributed by atoms with Crippen molar-refractivity contribution in [2.45, 2.75) is 68.5 Å². The molecule has 9 nitrogen and oxygen atoms in total. The molecule has 11 heteroatoms. The van der Waals surface area contributed by atoms with Crippen LogP contribution in [0.25, 0.3) is 0 Å². The number of likely N-dealkylation sites (tertiary alicyclic amines) is 1. The van der Waals surface area contributed by atoms with E-state index in [2.05, 4.69) is 22.0 Å². The summed E-state index contributed by atoms with van der Waals surface area (Å²) in [7, 11) is 0. The highest BCUT2D eigenvalue weighted by molar-refractivity contribution is 6.35. The molecule has 0 radical (unpaired) electrons. The fourth-order valence-electron chi connectivity index (χ4n) is 5.81. The van der Waals surface area contributed by atoms with Gasteiger partial charge in [0.25, 0.3) is 0 Å². The molecule has 0 unspecified atom stereocenters. The lowest BCUT2D eigenvalue weighted by molar-refractivity contribution is -0.143. The molecule has 40 heavy (non-hydrogen) atoms. The van der Waals surface area contributed by atoms with E-state index < -0.39 is 52.4 Å². The Hall–Kier alpha value is -4.33. The van der Waals surface area contributed by atoms with E-state index in [4.69, 9.17) is 0 Å². The van der Waals surface area contributed by atoms with Gasteiger partial charge in [0.15, 0.2) is 0 Å². The van der Waals surface area contributed by atoms with E-state index in [1.54, 1.807) is 24.3 Å². The van der Waals surface area contributed by atoms with E-state index in [9.17, 15) is 33.2 Å².